The minimum atomic E-state index is -1.55. The van der Waals surface area contributed by atoms with Crippen molar-refractivity contribution in [1.82, 2.24) is 9.97 Å². The van der Waals surface area contributed by atoms with E-state index in [4.69, 9.17) is 18.9 Å². The molecule has 0 saturated carbocycles. The van der Waals surface area contributed by atoms with Crippen LogP contribution in [-0.2, 0) is 9.47 Å². The molecule has 1 aromatic heterocycles. The summed E-state index contributed by atoms with van der Waals surface area (Å²) in [6, 6.07) is 3.72. The lowest BCUT2D eigenvalue weighted by atomic mass is 10.0. The van der Waals surface area contributed by atoms with E-state index in [-0.39, 0.29) is 0 Å². The van der Waals surface area contributed by atoms with Gasteiger partial charge in [0.15, 0.2) is 16.1 Å². The van der Waals surface area contributed by atoms with Crippen molar-refractivity contribution in [2.24, 2.45) is 0 Å². The van der Waals surface area contributed by atoms with E-state index in [1.165, 1.54) is 6.33 Å². The maximum Gasteiger partial charge on any atom is 0.188 e. The average molecular weight is 494 g/mol. The first kappa shape index (κ1) is 22.0. The van der Waals surface area contributed by atoms with Crippen molar-refractivity contribution < 1.29 is 23.3 Å². The third-order valence-electron chi connectivity index (χ3n) is 5.22. The highest BCUT2D eigenvalue weighted by Crippen LogP contribution is 2.43. The summed E-state index contributed by atoms with van der Waals surface area (Å²) in [6.45, 7) is 2.39. The van der Waals surface area contributed by atoms with Crippen LogP contribution in [0.25, 0.3) is 10.9 Å². The Morgan fingerprint density at radius 1 is 1.06 bits per heavy atom. The van der Waals surface area contributed by atoms with Crippen molar-refractivity contribution in [2.45, 2.75) is 17.4 Å². The summed E-state index contributed by atoms with van der Waals surface area (Å²) < 4.78 is 35.0. The molecule has 1 aliphatic heterocycles. The zero-order valence-corrected chi connectivity index (χ0v) is 19.2. The molecule has 1 atom stereocenters. The van der Waals surface area contributed by atoms with Crippen molar-refractivity contribution in [3.05, 3.63) is 41.9 Å². The molecule has 1 aliphatic carbocycles. The number of benzene rings is 1. The second kappa shape index (κ2) is 9.50. The summed E-state index contributed by atoms with van der Waals surface area (Å²) in [6.07, 6.45) is 6.26. The number of fused-ring (bicyclic) bond motifs is 2. The van der Waals surface area contributed by atoms with Crippen LogP contribution in [0.4, 0.5) is 10.2 Å². The zero-order chi connectivity index (χ0) is 21.8. The number of hydrogen-bond donors (Lipinski definition) is 0. The smallest absolute Gasteiger partial charge is 0.188 e. The Morgan fingerprint density at radius 2 is 1.77 bits per heavy atom. The Bertz CT molecular complexity index is 1010. The fourth-order valence-electron chi connectivity index (χ4n) is 3.73. The Hall–Kier alpha value is -2.23. The first-order valence-corrected chi connectivity index (χ1v) is 10.9. The largest absolute Gasteiger partial charge is 0.487 e. The number of alkyl halides is 2. The number of anilines is 1. The van der Waals surface area contributed by atoms with Crippen LogP contribution in [0, 0.1) is 0 Å². The predicted octanol–water partition coefficient (Wildman–Crippen LogP) is 4.17. The van der Waals surface area contributed by atoms with Crippen molar-refractivity contribution in [3.63, 3.8) is 0 Å². The van der Waals surface area contributed by atoms with E-state index in [0.717, 1.165) is 35.1 Å². The van der Waals surface area contributed by atoms with E-state index < -0.39 is 4.58 Å². The van der Waals surface area contributed by atoms with Gasteiger partial charge in [0.05, 0.1) is 18.7 Å². The van der Waals surface area contributed by atoms with Gasteiger partial charge in [0.1, 0.15) is 25.4 Å². The van der Waals surface area contributed by atoms with E-state index in [9.17, 15) is 4.39 Å². The van der Waals surface area contributed by atoms with Gasteiger partial charge in [0.2, 0.25) is 0 Å². The molecule has 1 unspecified atom stereocenters. The molecule has 4 rings (SSSR count). The van der Waals surface area contributed by atoms with Crippen LogP contribution in [0.3, 0.4) is 0 Å². The lowest BCUT2D eigenvalue weighted by Crippen LogP contribution is -2.23. The van der Waals surface area contributed by atoms with Crippen molar-refractivity contribution >= 4 is 32.7 Å². The fraction of sp³-hybridized carbons (Fsp3) is 0.455. The number of nitrogens with zero attached hydrogens (tertiary/aromatic N) is 3. The van der Waals surface area contributed by atoms with Gasteiger partial charge in [-0.2, -0.15) is 0 Å². The number of hydrogen-bond acceptors (Lipinski definition) is 7. The maximum atomic E-state index is 14.6. The van der Waals surface area contributed by atoms with Gasteiger partial charge in [-0.3, -0.25) is 0 Å². The van der Waals surface area contributed by atoms with Gasteiger partial charge >= 0.3 is 0 Å². The van der Waals surface area contributed by atoms with E-state index in [1.54, 1.807) is 20.3 Å². The van der Waals surface area contributed by atoms with Gasteiger partial charge in [0.25, 0.3) is 0 Å². The number of rotatable bonds is 9. The van der Waals surface area contributed by atoms with Gasteiger partial charge in [-0.1, -0.05) is 6.08 Å². The number of allylic oxidation sites excluding steroid dienone is 3. The lowest BCUT2D eigenvalue weighted by molar-refractivity contribution is 0.132. The molecule has 2 aromatic rings. The molecular weight excluding hydrogens is 469 g/mol. The normalized spacial score (nSPS) is 20.5. The van der Waals surface area contributed by atoms with Crippen molar-refractivity contribution in [3.8, 4) is 11.5 Å². The standard InChI is InChI=1S/C22H25BrFN3O4/c1-28-7-9-30-19-11-16-17(12-20(19)31-10-8-29-2)25-14-26-21(16)27-6-4-15-3-5-22(23,24)13-18(15)27/h3,11-14H,4-10H2,1-2H3. The van der Waals surface area contributed by atoms with Crippen LogP contribution in [0.15, 0.2) is 41.9 Å². The van der Waals surface area contributed by atoms with E-state index in [2.05, 4.69) is 25.9 Å². The number of aromatic nitrogens is 2. The van der Waals surface area contributed by atoms with Gasteiger partial charge < -0.3 is 23.8 Å². The second-order valence-corrected chi connectivity index (χ2v) is 8.64. The molecule has 31 heavy (non-hydrogen) atoms. The van der Waals surface area contributed by atoms with E-state index >= 15 is 0 Å². The molecule has 2 heterocycles. The van der Waals surface area contributed by atoms with Gasteiger partial charge in [-0.25, -0.2) is 14.4 Å². The van der Waals surface area contributed by atoms with Crippen LogP contribution in [0.1, 0.15) is 12.8 Å². The number of methoxy groups -OCH3 is 2. The van der Waals surface area contributed by atoms with Crippen LogP contribution in [0.2, 0.25) is 0 Å². The topological polar surface area (TPSA) is 65.9 Å². The minimum Gasteiger partial charge on any atom is -0.487 e. The van der Waals surface area contributed by atoms with Gasteiger partial charge in [-0.05, 0) is 40.1 Å². The third-order valence-corrected chi connectivity index (χ3v) is 5.77. The molecule has 2 aliphatic rings. The molecule has 7 nitrogen and oxygen atoms in total. The SMILES string of the molecule is COCCOc1cc2ncnc(N3CCC4=CCC(F)(Br)C=C43)c2cc1OCCOC. The molecule has 9 heteroatoms. The Kier molecular flexibility index (Phi) is 6.74. The number of ether oxygens (including phenoxy) is 4. The molecule has 0 radical (unpaired) electrons. The summed E-state index contributed by atoms with van der Waals surface area (Å²) in [5.41, 5.74) is 2.69. The molecule has 0 spiro atoms. The fourth-order valence-corrected chi connectivity index (χ4v) is 4.11. The Morgan fingerprint density at radius 3 is 2.48 bits per heavy atom. The molecule has 166 valence electrons. The molecule has 1 saturated heterocycles. The summed E-state index contributed by atoms with van der Waals surface area (Å²) in [5.74, 6) is 1.86. The minimum absolute atomic E-state index is 0.323. The number of halogens is 2. The van der Waals surface area contributed by atoms with Crippen LogP contribution >= 0.6 is 15.9 Å². The van der Waals surface area contributed by atoms with E-state index in [0.29, 0.717) is 50.2 Å². The lowest BCUT2D eigenvalue weighted by Gasteiger charge is -2.26. The molecule has 0 amide bonds. The van der Waals surface area contributed by atoms with Crippen molar-refractivity contribution in [2.75, 3.05) is 52.1 Å². The highest BCUT2D eigenvalue weighted by atomic mass is 79.9. The van der Waals surface area contributed by atoms with E-state index in [1.807, 2.05) is 23.1 Å². The highest BCUT2D eigenvalue weighted by Gasteiger charge is 2.34. The molecule has 1 fully saturated rings. The van der Waals surface area contributed by atoms with Crippen LogP contribution in [0.5, 0.6) is 11.5 Å². The first-order valence-electron chi connectivity index (χ1n) is 10.1. The van der Waals surface area contributed by atoms with Gasteiger partial charge in [-0.15, -0.1) is 0 Å². The Balaban J connectivity index is 1.74. The third kappa shape index (κ3) is 4.83. The first-order chi connectivity index (χ1) is 15.0. The Labute approximate surface area is 189 Å². The van der Waals surface area contributed by atoms with Crippen LogP contribution in [-0.4, -0.2) is 61.7 Å². The summed E-state index contributed by atoms with van der Waals surface area (Å²) >= 11 is 3.16. The summed E-state index contributed by atoms with van der Waals surface area (Å²) in [5, 5.41) is 0.806. The second-order valence-electron chi connectivity index (χ2n) is 7.32. The summed E-state index contributed by atoms with van der Waals surface area (Å²) in [4.78, 5) is 11.0. The van der Waals surface area contributed by atoms with Crippen molar-refractivity contribution in [1.29, 1.82) is 0 Å². The monoisotopic (exact) mass is 493 g/mol. The molecule has 0 N–H and O–H groups in total. The molecular formula is C22H25BrFN3O4. The quantitative estimate of drug-likeness (QED) is 0.383. The highest BCUT2D eigenvalue weighted by molar-refractivity contribution is 9.10. The maximum absolute atomic E-state index is 14.6. The predicted molar refractivity (Wildman–Crippen MR) is 120 cm³/mol. The summed E-state index contributed by atoms with van der Waals surface area (Å²) in [7, 11) is 3.24. The zero-order valence-electron chi connectivity index (χ0n) is 17.6. The molecule has 1 aromatic carbocycles. The van der Waals surface area contributed by atoms with Crippen LogP contribution < -0.4 is 14.4 Å². The average Bonchev–Trinajstić information content (AvgIpc) is 3.15. The van der Waals surface area contributed by atoms with Gasteiger partial charge in [0, 0.05) is 44.3 Å². The molecule has 0 bridgehead atoms.